The van der Waals surface area contributed by atoms with Crippen LogP contribution in [-0.2, 0) is 0 Å². The third kappa shape index (κ3) is 6.68. The van der Waals surface area contributed by atoms with Crippen LogP contribution < -0.4 is 9.64 Å². The average Bonchev–Trinajstić information content (AvgIpc) is 3.18. The highest BCUT2D eigenvalue weighted by Gasteiger charge is 2.11. The number of methoxy groups -OCH3 is 1. The maximum atomic E-state index is 8.92. The van der Waals surface area contributed by atoms with Crippen molar-refractivity contribution in [2.45, 2.75) is 39.5 Å². The minimum Gasteiger partial charge on any atom is -0.480 e. The molecule has 0 amide bonds. The first-order chi connectivity index (χ1) is 14.6. The van der Waals surface area contributed by atoms with Crippen molar-refractivity contribution in [3.8, 4) is 18.0 Å². The lowest BCUT2D eigenvalue weighted by Gasteiger charge is -2.24. The number of nitriles is 2. The van der Waals surface area contributed by atoms with Crippen molar-refractivity contribution >= 4 is 33.9 Å². The lowest BCUT2D eigenvalue weighted by Crippen LogP contribution is -2.25. The molecule has 1 aromatic heterocycles. The Hall–Kier alpha value is -3.23. The highest BCUT2D eigenvalue weighted by atomic mass is 32.1. The number of nitrogens with zero attached hydrogens (tertiary/aromatic N) is 6. The number of aromatic nitrogens is 1. The predicted molar refractivity (Wildman–Crippen MR) is 121 cm³/mol. The first-order valence-corrected chi connectivity index (χ1v) is 10.8. The number of azo groups is 1. The quantitative estimate of drug-likeness (QED) is 0.308. The summed E-state index contributed by atoms with van der Waals surface area (Å²) >= 11 is 1.21. The number of unbranched alkanes of at least 4 members (excludes halogenated alkanes) is 2. The molecule has 2 rings (SSSR count). The lowest BCUT2D eigenvalue weighted by molar-refractivity contribution is 0.400. The second-order valence-electron chi connectivity index (χ2n) is 6.56. The second kappa shape index (κ2) is 12.4. The van der Waals surface area contributed by atoms with Crippen LogP contribution in [0.2, 0.25) is 0 Å². The number of rotatable bonds is 11. The smallest absolute Gasteiger partial charge is 0.233 e. The van der Waals surface area contributed by atoms with Crippen LogP contribution in [0.1, 0.15) is 44.4 Å². The summed E-state index contributed by atoms with van der Waals surface area (Å²) in [5, 5.41) is 26.7. The van der Waals surface area contributed by atoms with Crippen LogP contribution in [-0.4, -0.2) is 25.2 Å². The number of hydrogen-bond donors (Lipinski definition) is 0. The Morgan fingerprint density at radius 1 is 1.10 bits per heavy atom. The largest absolute Gasteiger partial charge is 0.480 e. The summed E-state index contributed by atoms with van der Waals surface area (Å²) in [5.74, 6) is 0.315. The van der Waals surface area contributed by atoms with Crippen molar-refractivity contribution in [1.29, 1.82) is 10.5 Å². The highest BCUT2D eigenvalue weighted by molar-refractivity contribution is 7.16. The Kier molecular flexibility index (Phi) is 9.50. The van der Waals surface area contributed by atoms with Gasteiger partial charge in [-0.15, -0.1) is 10.2 Å². The topological polar surface area (TPSA) is 97.7 Å². The molecule has 1 heterocycles. The van der Waals surface area contributed by atoms with Gasteiger partial charge in [0.15, 0.2) is 0 Å². The Labute approximate surface area is 182 Å². The van der Waals surface area contributed by atoms with E-state index in [1.165, 1.54) is 55.9 Å². The standard InChI is InChI=1S/C22H26N6OS/c1-4-6-12-28(13-7-5-2)19-10-8-18(9-11-19)26-27-22-25-21(29-3)20(30-22)14-17(15-23)16-24/h8-11,14H,4-7,12-13H2,1-3H3. The molecule has 0 saturated heterocycles. The van der Waals surface area contributed by atoms with E-state index in [9.17, 15) is 0 Å². The summed E-state index contributed by atoms with van der Waals surface area (Å²) in [6, 6.07) is 11.7. The van der Waals surface area contributed by atoms with Gasteiger partial charge in [0.05, 0.1) is 17.7 Å². The monoisotopic (exact) mass is 422 g/mol. The van der Waals surface area contributed by atoms with Crippen molar-refractivity contribution in [3.05, 3.63) is 34.7 Å². The van der Waals surface area contributed by atoms with Gasteiger partial charge in [0.1, 0.15) is 17.7 Å². The Morgan fingerprint density at radius 3 is 2.27 bits per heavy atom. The van der Waals surface area contributed by atoms with Crippen molar-refractivity contribution < 1.29 is 4.74 Å². The molecule has 2 aromatic rings. The molecule has 0 unspecified atom stereocenters. The van der Waals surface area contributed by atoms with Gasteiger partial charge in [0.2, 0.25) is 11.0 Å². The lowest BCUT2D eigenvalue weighted by atomic mass is 10.2. The fraction of sp³-hybridized carbons (Fsp3) is 0.409. The second-order valence-corrected chi connectivity index (χ2v) is 7.57. The normalized spacial score (nSPS) is 10.4. The minimum atomic E-state index is -0.0215. The van der Waals surface area contributed by atoms with Crippen molar-refractivity contribution in [2.24, 2.45) is 10.2 Å². The van der Waals surface area contributed by atoms with E-state index in [0.29, 0.717) is 15.9 Å². The molecule has 0 radical (unpaired) electrons. The van der Waals surface area contributed by atoms with Gasteiger partial charge in [-0.25, -0.2) is 0 Å². The van der Waals surface area contributed by atoms with Gasteiger partial charge in [-0.3, -0.25) is 0 Å². The van der Waals surface area contributed by atoms with Crippen molar-refractivity contribution in [1.82, 2.24) is 4.98 Å². The number of ether oxygens (including phenoxy) is 1. The van der Waals surface area contributed by atoms with Crippen LogP contribution in [0.25, 0.3) is 6.08 Å². The molecule has 0 aliphatic heterocycles. The first kappa shape index (κ1) is 23.1. The summed E-state index contributed by atoms with van der Waals surface area (Å²) in [7, 11) is 1.48. The van der Waals surface area contributed by atoms with E-state index >= 15 is 0 Å². The van der Waals surface area contributed by atoms with Crippen LogP contribution in [0.3, 0.4) is 0 Å². The summed E-state index contributed by atoms with van der Waals surface area (Å²) in [5.41, 5.74) is 1.90. The zero-order valence-corrected chi connectivity index (χ0v) is 18.4. The first-order valence-electron chi connectivity index (χ1n) is 9.98. The Bertz CT molecular complexity index is 925. The summed E-state index contributed by atoms with van der Waals surface area (Å²) in [6.45, 7) is 6.52. The number of benzene rings is 1. The molecule has 7 nitrogen and oxygen atoms in total. The van der Waals surface area contributed by atoms with E-state index in [-0.39, 0.29) is 5.57 Å². The third-order valence-electron chi connectivity index (χ3n) is 4.35. The average molecular weight is 423 g/mol. The van der Waals surface area contributed by atoms with Crippen molar-refractivity contribution in [3.63, 3.8) is 0 Å². The summed E-state index contributed by atoms with van der Waals surface area (Å²) < 4.78 is 5.20. The summed E-state index contributed by atoms with van der Waals surface area (Å²) in [4.78, 5) is 7.22. The van der Waals surface area contributed by atoms with E-state index in [2.05, 4.69) is 46.1 Å². The van der Waals surface area contributed by atoms with E-state index in [1.807, 2.05) is 24.3 Å². The maximum Gasteiger partial charge on any atom is 0.233 e. The van der Waals surface area contributed by atoms with Gasteiger partial charge in [0, 0.05) is 18.8 Å². The number of hydrogen-bond acceptors (Lipinski definition) is 8. The molecular formula is C22H26N6OS. The zero-order chi connectivity index (χ0) is 21.8. The fourth-order valence-corrected chi connectivity index (χ4v) is 3.51. The van der Waals surface area contributed by atoms with Gasteiger partial charge in [0.25, 0.3) is 0 Å². The van der Waals surface area contributed by atoms with Gasteiger partial charge < -0.3 is 9.64 Å². The molecule has 0 atom stereocenters. The maximum absolute atomic E-state index is 8.92. The van der Waals surface area contributed by atoms with Gasteiger partial charge in [-0.05, 0) is 43.2 Å². The van der Waals surface area contributed by atoms with Crippen LogP contribution in [0.4, 0.5) is 16.5 Å². The van der Waals surface area contributed by atoms with Gasteiger partial charge >= 0.3 is 0 Å². The molecule has 0 bridgehead atoms. The predicted octanol–water partition coefficient (Wildman–Crippen LogP) is 6.40. The molecular weight excluding hydrogens is 396 g/mol. The van der Waals surface area contributed by atoms with E-state index in [4.69, 9.17) is 15.3 Å². The number of allylic oxidation sites excluding steroid dienone is 1. The molecule has 1 aromatic carbocycles. The number of anilines is 1. The van der Waals surface area contributed by atoms with Crippen LogP contribution in [0.5, 0.6) is 5.88 Å². The molecule has 8 heteroatoms. The third-order valence-corrected chi connectivity index (χ3v) is 5.22. The SMILES string of the molecule is CCCCN(CCCC)c1ccc(N=Nc2nc(OC)c(C=C(C#N)C#N)s2)cc1. The minimum absolute atomic E-state index is 0.0215. The Morgan fingerprint density at radius 2 is 1.73 bits per heavy atom. The molecule has 156 valence electrons. The highest BCUT2D eigenvalue weighted by Crippen LogP contribution is 2.33. The summed E-state index contributed by atoms with van der Waals surface area (Å²) in [6.07, 6.45) is 6.13. The van der Waals surface area contributed by atoms with E-state index < -0.39 is 0 Å². The fourth-order valence-electron chi connectivity index (χ4n) is 2.71. The van der Waals surface area contributed by atoms with Crippen molar-refractivity contribution in [2.75, 3.05) is 25.1 Å². The molecule has 0 fully saturated rings. The molecule has 0 spiro atoms. The molecule has 0 saturated carbocycles. The molecule has 30 heavy (non-hydrogen) atoms. The van der Waals surface area contributed by atoms with E-state index in [1.54, 1.807) is 0 Å². The Balaban J connectivity index is 2.15. The van der Waals surface area contributed by atoms with Crippen LogP contribution in [0, 0.1) is 22.7 Å². The van der Waals surface area contributed by atoms with Gasteiger partial charge in [-0.2, -0.15) is 15.5 Å². The zero-order valence-electron chi connectivity index (χ0n) is 17.6. The van der Waals surface area contributed by atoms with Crippen LogP contribution in [0.15, 0.2) is 40.1 Å². The van der Waals surface area contributed by atoms with Gasteiger partial charge in [-0.1, -0.05) is 38.0 Å². The van der Waals surface area contributed by atoms with E-state index in [0.717, 1.165) is 18.8 Å². The van der Waals surface area contributed by atoms with Crippen LogP contribution >= 0.6 is 11.3 Å². The molecule has 0 aliphatic rings. The molecule has 0 aliphatic carbocycles. The number of thiazole rings is 1. The molecule has 0 N–H and O–H groups in total.